The second kappa shape index (κ2) is 10.3. The Balaban J connectivity index is 1.32. The first-order valence-electron chi connectivity index (χ1n) is 14.1. The number of rotatable bonds is 7. The molecule has 0 aromatic heterocycles. The van der Waals surface area contributed by atoms with Crippen molar-refractivity contribution in [1.29, 1.82) is 0 Å². The highest BCUT2D eigenvalue weighted by Crippen LogP contribution is 2.61. The molecule has 12 nitrogen and oxygen atoms in total. The molecule has 2 atom stereocenters. The lowest BCUT2D eigenvalue weighted by atomic mass is 9.55. The van der Waals surface area contributed by atoms with Crippen LogP contribution in [0.5, 0.6) is 0 Å². The Hall–Kier alpha value is -6.04. The first-order valence-corrected chi connectivity index (χ1v) is 14.1. The molecular weight excluding hydrogens is 580 g/mol. The second-order valence-electron chi connectivity index (χ2n) is 11.2. The molecule has 0 N–H and O–H groups in total. The Labute approximate surface area is 254 Å². The number of nitro benzene ring substituents is 2. The Kier molecular flexibility index (Phi) is 6.36. The van der Waals surface area contributed by atoms with Gasteiger partial charge in [0.2, 0.25) is 0 Å². The smallest absolute Gasteiger partial charge is 0.273 e. The van der Waals surface area contributed by atoms with Gasteiger partial charge in [0.05, 0.1) is 21.7 Å². The molecule has 0 radical (unpaired) electrons. The SMILES string of the molecule is O=C(CN(C(=O)c1cccc([N+](=O)[O-])c1)N1C(=O)[C@H]2C3c4ccccc4C(c4ccccc43)[C@@H]2C1=O)c1ccc([N+](=O)[O-])cc1. The lowest BCUT2D eigenvalue weighted by Gasteiger charge is -2.45. The summed E-state index contributed by atoms with van der Waals surface area (Å²) in [5.74, 6) is -5.59. The van der Waals surface area contributed by atoms with Gasteiger partial charge in [-0.15, -0.1) is 0 Å². The summed E-state index contributed by atoms with van der Waals surface area (Å²) in [7, 11) is 0. The molecule has 0 saturated carbocycles. The van der Waals surface area contributed by atoms with Crippen LogP contribution in [0.15, 0.2) is 97.1 Å². The number of amides is 3. The van der Waals surface area contributed by atoms with Crippen LogP contribution < -0.4 is 0 Å². The van der Waals surface area contributed by atoms with Crippen molar-refractivity contribution in [3.63, 3.8) is 0 Å². The zero-order chi connectivity index (χ0) is 31.6. The van der Waals surface area contributed by atoms with Gasteiger partial charge in [0.25, 0.3) is 29.1 Å². The molecule has 12 heteroatoms. The molecule has 0 spiro atoms. The molecule has 1 fully saturated rings. The number of imide groups is 1. The van der Waals surface area contributed by atoms with E-state index in [2.05, 4.69) is 0 Å². The van der Waals surface area contributed by atoms with E-state index in [0.717, 1.165) is 50.5 Å². The summed E-state index contributed by atoms with van der Waals surface area (Å²) in [5.41, 5.74) is 2.85. The molecule has 4 aromatic carbocycles. The van der Waals surface area contributed by atoms with Crippen molar-refractivity contribution in [1.82, 2.24) is 10.0 Å². The molecule has 3 aliphatic carbocycles. The quantitative estimate of drug-likeness (QED) is 0.128. The standard InChI is InChI=1S/C33H22N4O8/c38-26(18-12-14-20(15-13-18)36(42)43)17-34(31(39)19-6-5-7-21(16-19)37(44)45)35-32(40)29-27-22-8-1-2-9-23(22)28(30(29)33(35)41)25-11-4-3-10-24(25)27/h1-16,27-30H,17H2/t27?,28?,29-,30-/m0/s1. The number of carbonyl (C=O) groups excluding carboxylic acids is 4. The molecule has 3 amide bonds. The second-order valence-corrected chi connectivity index (χ2v) is 11.2. The first-order chi connectivity index (χ1) is 21.7. The van der Waals surface area contributed by atoms with Gasteiger partial charge in [0.1, 0.15) is 6.54 Å². The summed E-state index contributed by atoms with van der Waals surface area (Å²) in [6.07, 6.45) is 0. The van der Waals surface area contributed by atoms with Crippen LogP contribution in [0.3, 0.4) is 0 Å². The number of carbonyl (C=O) groups is 4. The highest BCUT2D eigenvalue weighted by molar-refractivity contribution is 6.11. The van der Waals surface area contributed by atoms with Crippen LogP contribution in [0.2, 0.25) is 0 Å². The number of ketones is 1. The number of benzene rings is 4. The van der Waals surface area contributed by atoms with Crippen molar-refractivity contribution >= 4 is 34.9 Å². The van der Waals surface area contributed by atoms with Crippen LogP contribution in [0.1, 0.15) is 54.8 Å². The van der Waals surface area contributed by atoms with E-state index in [1.54, 1.807) is 0 Å². The number of nitrogens with zero attached hydrogens (tertiary/aromatic N) is 4. The maximum atomic E-state index is 14.4. The van der Waals surface area contributed by atoms with Crippen molar-refractivity contribution in [3.8, 4) is 0 Å². The lowest BCUT2D eigenvalue weighted by molar-refractivity contribution is -0.385. The summed E-state index contributed by atoms with van der Waals surface area (Å²) in [6.45, 7) is -0.772. The Morgan fingerprint density at radius 3 is 1.60 bits per heavy atom. The number of nitro groups is 2. The molecular formula is C33H22N4O8. The maximum absolute atomic E-state index is 14.4. The number of non-ortho nitro benzene ring substituents is 2. The van der Waals surface area contributed by atoms with Crippen molar-refractivity contribution in [3.05, 3.63) is 151 Å². The van der Waals surface area contributed by atoms with Gasteiger partial charge in [-0.1, -0.05) is 54.6 Å². The van der Waals surface area contributed by atoms with E-state index in [4.69, 9.17) is 0 Å². The normalized spacial score (nSPS) is 20.7. The summed E-state index contributed by atoms with van der Waals surface area (Å²) >= 11 is 0. The van der Waals surface area contributed by atoms with Crippen LogP contribution in [0.25, 0.3) is 0 Å². The third kappa shape index (κ3) is 4.21. The van der Waals surface area contributed by atoms with Crippen LogP contribution in [0, 0.1) is 32.1 Å². The van der Waals surface area contributed by atoms with Gasteiger partial charge in [-0.05, 0) is 40.5 Å². The lowest BCUT2D eigenvalue weighted by Crippen LogP contribution is -2.52. The fourth-order valence-electron chi connectivity index (χ4n) is 7.03. The van der Waals surface area contributed by atoms with E-state index in [9.17, 15) is 39.4 Å². The van der Waals surface area contributed by atoms with Gasteiger partial charge >= 0.3 is 0 Å². The largest absolute Gasteiger partial charge is 0.292 e. The summed E-state index contributed by atoms with van der Waals surface area (Å²) in [6, 6.07) is 24.7. The number of hydrazine groups is 1. The van der Waals surface area contributed by atoms with Gasteiger partial charge in [-0.3, -0.25) is 39.4 Å². The Morgan fingerprint density at radius 2 is 1.13 bits per heavy atom. The van der Waals surface area contributed by atoms with Crippen LogP contribution in [0.4, 0.5) is 11.4 Å². The average Bonchev–Trinajstić information content (AvgIpc) is 3.32. The van der Waals surface area contributed by atoms with Crippen LogP contribution in [-0.2, 0) is 9.59 Å². The molecule has 4 aromatic rings. The molecule has 1 aliphatic heterocycles. The van der Waals surface area contributed by atoms with E-state index in [0.29, 0.717) is 0 Å². The number of Topliss-reactive ketones (excluding diaryl/α,β-unsaturated/α-hetero) is 1. The van der Waals surface area contributed by atoms with Crippen molar-refractivity contribution in [2.45, 2.75) is 11.8 Å². The van der Waals surface area contributed by atoms with E-state index >= 15 is 0 Å². The monoisotopic (exact) mass is 602 g/mol. The topological polar surface area (TPSA) is 161 Å². The molecule has 222 valence electrons. The van der Waals surface area contributed by atoms with E-state index < -0.39 is 63.6 Å². The highest BCUT2D eigenvalue weighted by Gasteiger charge is 2.63. The fourth-order valence-corrected chi connectivity index (χ4v) is 7.03. The van der Waals surface area contributed by atoms with Crippen LogP contribution >= 0.6 is 0 Å². The summed E-state index contributed by atoms with van der Waals surface area (Å²) in [4.78, 5) is 77.6. The average molecular weight is 603 g/mol. The maximum Gasteiger partial charge on any atom is 0.273 e. The van der Waals surface area contributed by atoms with Gasteiger partial charge < -0.3 is 0 Å². The third-order valence-electron chi connectivity index (χ3n) is 8.90. The molecule has 8 rings (SSSR count). The zero-order valence-corrected chi connectivity index (χ0v) is 23.3. The fraction of sp³-hybridized carbons (Fsp3) is 0.152. The minimum absolute atomic E-state index is 0.00818. The van der Waals surface area contributed by atoms with E-state index in [1.807, 2.05) is 48.5 Å². The minimum atomic E-state index is -0.961. The predicted molar refractivity (Wildman–Crippen MR) is 157 cm³/mol. The first kappa shape index (κ1) is 27.8. The van der Waals surface area contributed by atoms with Gasteiger partial charge in [-0.25, -0.2) is 5.01 Å². The number of hydrogen-bond acceptors (Lipinski definition) is 8. The zero-order valence-electron chi connectivity index (χ0n) is 23.3. The third-order valence-corrected chi connectivity index (χ3v) is 8.90. The van der Waals surface area contributed by atoms with Crippen molar-refractivity contribution in [2.24, 2.45) is 11.8 Å². The van der Waals surface area contributed by atoms with Crippen LogP contribution in [-0.4, -0.2) is 49.9 Å². The summed E-state index contributed by atoms with van der Waals surface area (Å²) in [5, 5.41) is 24.1. The highest BCUT2D eigenvalue weighted by atomic mass is 16.6. The number of hydrogen-bond donors (Lipinski definition) is 0. The molecule has 4 aliphatic rings. The van der Waals surface area contributed by atoms with E-state index in [-0.39, 0.29) is 22.5 Å². The molecule has 45 heavy (non-hydrogen) atoms. The molecule has 0 unspecified atom stereocenters. The Bertz CT molecular complexity index is 1860. The Morgan fingerprint density at radius 1 is 0.644 bits per heavy atom. The van der Waals surface area contributed by atoms with Gasteiger partial charge in [-0.2, -0.15) is 5.01 Å². The minimum Gasteiger partial charge on any atom is -0.292 e. The van der Waals surface area contributed by atoms with Crippen molar-refractivity contribution < 1.29 is 29.0 Å². The molecule has 1 saturated heterocycles. The van der Waals surface area contributed by atoms with E-state index in [1.165, 1.54) is 30.3 Å². The van der Waals surface area contributed by atoms with Gasteiger partial charge in [0.15, 0.2) is 5.78 Å². The predicted octanol–water partition coefficient (Wildman–Crippen LogP) is 4.64. The molecule has 1 heterocycles. The van der Waals surface area contributed by atoms with Gasteiger partial charge in [0, 0.05) is 47.2 Å². The molecule has 2 bridgehead atoms. The summed E-state index contributed by atoms with van der Waals surface area (Å²) < 4.78 is 0. The van der Waals surface area contributed by atoms with Crippen molar-refractivity contribution in [2.75, 3.05) is 6.54 Å².